The van der Waals surface area contributed by atoms with Gasteiger partial charge in [0.1, 0.15) is 5.75 Å². The second-order valence-electron chi connectivity index (χ2n) is 3.60. The van der Waals surface area contributed by atoms with Crippen molar-refractivity contribution < 1.29 is 5.11 Å². The zero-order valence-electron chi connectivity index (χ0n) is 9.22. The van der Waals surface area contributed by atoms with E-state index in [0.29, 0.717) is 5.56 Å². The van der Waals surface area contributed by atoms with E-state index in [2.05, 4.69) is 38.7 Å². The Hall–Kier alpha value is -1.66. The number of nitrogens with two attached hydrogens (primary N) is 1. The van der Waals surface area contributed by atoms with Gasteiger partial charge in [-0.2, -0.15) is 5.10 Å². The van der Waals surface area contributed by atoms with Crippen LogP contribution in [0.2, 0.25) is 0 Å². The molecule has 0 saturated heterocycles. The zero-order valence-corrected chi connectivity index (χ0v) is 11.6. The molecule has 0 heterocycles. The van der Waals surface area contributed by atoms with Crippen LogP contribution in [0.25, 0.3) is 10.8 Å². The summed E-state index contributed by atoms with van der Waals surface area (Å²) < 4.78 is 0.977. The van der Waals surface area contributed by atoms with Crippen molar-refractivity contribution in [1.82, 2.24) is 5.43 Å². The predicted molar refractivity (Wildman–Crippen MR) is 80.8 cm³/mol. The minimum absolute atomic E-state index is 0.0775. The van der Waals surface area contributed by atoms with E-state index in [1.54, 1.807) is 6.07 Å². The van der Waals surface area contributed by atoms with Crippen molar-refractivity contribution in [2.75, 3.05) is 0 Å². The van der Waals surface area contributed by atoms with Crippen LogP contribution in [0.5, 0.6) is 5.75 Å². The van der Waals surface area contributed by atoms with Crippen LogP contribution in [-0.4, -0.2) is 16.4 Å². The first-order chi connectivity index (χ1) is 8.58. The molecule has 0 bridgehead atoms. The van der Waals surface area contributed by atoms with Crippen molar-refractivity contribution in [2.24, 2.45) is 10.8 Å². The standard InChI is InChI=1S/C12H10BrN3OS/c13-8-2-3-9-7(5-8)1-4-11(17)10(9)6-15-16-12(14)18/h1-6,17H,(H3,14,16,18). The second-order valence-corrected chi connectivity index (χ2v) is 4.95. The number of rotatable bonds is 2. The van der Waals surface area contributed by atoms with Gasteiger partial charge in [-0.3, -0.25) is 5.43 Å². The van der Waals surface area contributed by atoms with Crippen LogP contribution < -0.4 is 11.2 Å². The average Bonchev–Trinajstić information content (AvgIpc) is 2.31. The summed E-state index contributed by atoms with van der Waals surface area (Å²) in [6, 6.07) is 9.24. The van der Waals surface area contributed by atoms with Gasteiger partial charge in [-0.15, -0.1) is 0 Å². The molecule has 0 fully saturated rings. The molecule has 0 unspecified atom stereocenters. The molecule has 0 aliphatic heterocycles. The second kappa shape index (κ2) is 5.32. The molecule has 0 radical (unpaired) electrons. The number of hydrogen-bond acceptors (Lipinski definition) is 3. The summed E-state index contributed by atoms with van der Waals surface area (Å²) in [5.74, 6) is 0.151. The fourth-order valence-electron chi connectivity index (χ4n) is 1.61. The SMILES string of the molecule is NC(=S)NN=Cc1c(O)ccc2cc(Br)ccc12. The Bertz CT molecular complexity index is 643. The Labute approximate surface area is 118 Å². The van der Waals surface area contributed by atoms with Gasteiger partial charge in [0.05, 0.1) is 6.21 Å². The molecule has 0 aliphatic rings. The molecule has 18 heavy (non-hydrogen) atoms. The molecule has 0 aromatic heterocycles. The van der Waals surface area contributed by atoms with Gasteiger partial charge in [0.15, 0.2) is 5.11 Å². The molecular weight excluding hydrogens is 314 g/mol. The summed E-state index contributed by atoms with van der Waals surface area (Å²) in [5.41, 5.74) is 8.34. The summed E-state index contributed by atoms with van der Waals surface area (Å²) in [4.78, 5) is 0. The molecule has 2 aromatic rings. The van der Waals surface area contributed by atoms with Crippen molar-refractivity contribution in [1.29, 1.82) is 0 Å². The van der Waals surface area contributed by atoms with E-state index >= 15 is 0 Å². The quantitative estimate of drug-likeness (QED) is 0.451. The predicted octanol–water partition coefficient (Wildman–Crippen LogP) is 2.48. The zero-order chi connectivity index (χ0) is 13.1. The molecular formula is C12H10BrN3OS. The monoisotopic (exact) mass is 323 g/mol. The Morgan fingerprint density at radius 1 is 1.39 bits per heavy atom. The number of benzene rings is 2. The molecule has 6 heteroatoms. The summed E-state index contributed by atoms with van der Waals surface area (Å²) in [6.45, 7) is 0. The van der Waals surface area contributed by atoms with Crippen LogP contribution in [0.15, 0.2) is 39.9 Å². The van der Waals surface area contributed by atoms with Crippen LogP contribution in [0.3, 0.4) is 0 Å². The Morgan fingerprint density at radius 3 is 2.89 bits per heavy atom. The Morgan fingerprint density at radius 2 is 2.17 bits per heavy atom. The van der Waals surface area contributed by atoms with Crippen LogP contribution >= 0.6 is 28.1 Å². The maximum Gasteiger partial charge on any atom is 0.184 e. The number of nitrogens with zero attached hydrogens (tertiary/aromatic N) is 1. The van der Waals surface area contributed by atoms with Gasteiger partial charge < -0.3 is 10.8 Å². The van der Waals surface area contributed by atoms with Gasteiger partial charge in [-0.05, 0) is 41.2 Å². The first kappa shape index (κ1) is 12.8. The van der Waals surface area contributed by atoms with Crippen LogP contribution in [0, 0.1) is 0 Å². The third-order valence-corrected chi connectivity index (χ3v) is 2.95. The van der Waals surface area contributed by atoms with Crippen molar-refractivity contribution in [3.8, 4) is 5.75 Å². The fraction of sp³-hybridized carbons (Fsp3) is 0. The van der Waals surface area contributed by atoms with Crippen molar-refractivity contribution in [3.05, 3.63) is 40.4 Å². The number of thiocarbonyl (C=S) groups is 1. The lowest BCUT2D eigenvalue weighted by Gasteiger charge is -2.05. The minimum atomic E-state index is 0.0775. The van der Waals surface area contributed by atoms with Crippen molar-refractivity contribution in [3.63, 3.8) is 0 Å². The van der Waals surface area contributed by atoms with E-state index in [9.17, 15) is 5.11 Å². The van der Waals surface area contributed by atoms with Crippen LogP contribution in [0.4, 0.5) is 0 Å². The van der Waals surface area contributed by atoms with E-state index in [4.69, 9.17) is 5.73 Å². The Kier molecular flexibility index (Phi) is 3.78. The van der Waals surface area contributed by atoms with E-state index < -0.39 is 0 Å². The van der Waals surface area contributed by atoms with Crippen molar-refractivity contribution in [2.45, 2.75) is 0 Å². The maximum atomic E-state index is 9.85. The molecule has 0 saturated carbocycles. The summed E-state index contributed by atoms with van der Waals surface area (Å²) in [5, 5.41) is 15.7. The molecule has 0 spiro atoms. The topological polar surface area (TPSA) is 70.6 Å². The highest BCUT2D eigenvalue weighted by Crippen LogP contribution is 2.27. The largest absolute Gasteiger partial charge is 0.507 e. The number of nitrogens with one attached hydrogen (secondary N) is 1. The number of aromatic hydroxyl groups is 1. The lowest BCUT2D eigenvalue weighted by molar-refractivity contribution is 0.475. The number of phenols is 1. The minimum Gasteiger partial charge on any atom is -0.507 e. The van der Waals surface area contributed by atoms with Gasteiger partial charge in [-0.1, -0.05) is 28.1 Å². The third-order valence-electron chi connectivity index (χ3n) is 2.37. The van der Waals surface area contributed by atoms with Crippen LogP contribution in [-0.2, 0) is 0 Å². The highest BCUT2D eigenvalue weighted by atomic mass is 79.9. The highest BCUT2D eigenvalue weighted by Gasteiger charge is 2.05. The molecule has 4 nitrogen and oxygen atoms in total. The highest BCUT2D eigenvalue weighted by molar-refractivity contribution is 9.10. The van der Waals surface area contributed by atoms with E-state index in [1.807, 2.05) is 24.3 Å². The number of hydrazone groups is 1. The molecule has 0 atom stereocenters. The van der Waals surface area contributed by atoms with Gasteiger partial charge in [-0.25, -0.2) is 0 Å². The lowest BCUT2D eigenvalue weighted by atomic mass is 10.0. The number of phenolic OH excluding ortho intramolecular Hbond substituents is 1. The van der Waals surface area contributed by atoms with Crippen molar-refractivity contribution >= 4 is 50.2 Å². The van der Waals surface area contributed by atoms with Gasteiger partial charge in [0.2, 0.25) is 0 Å². The molecule has 2 aromatic carbocycles. The van der Waals surface area contributed by atoms with E-state index in [-0.39, 0.29) is 10.9 Å². The number of halogens is 1. The lowest BCUT2D eigenvalue weighted by Crippen LogP contribution is -2.24. The normalized spacial score (nSPS) is 10.9. The third kappa shape index (κ3) is 2.77. The summed E-state index contributed by atoms with van der Waals surface area (Å²) >= 11 is 8.05. The number of hydrogen-bond donors (Lipinski definition) is 3. The summed E-state index contributed by atoms with van der Waals surface area (Å²) in [7, 11) is 0. The first-order valence-electron chi connectivity index (χ1n) is 5.07. The fourth-order valence-corrected chi connectivity index (χ4v) is 2.04. The van der Waals surface area contributed by atoms with Gasteiger partial charge in [0.25, 0.3) is 0 Å². The van der Waals surface area contributed by atoms with E-state index in [1.165, 1.54) is 6.21 Å². The first-order valence-corrected chi connectivity index (χ1v) is 6.28. The average molecular weight is 324 g/mol. The number of fused-ring (bicyclic) bond motifs is 1. The Balaban J connectivity index is 2.51. The molecule has 0 amide bonds. The molecule has 0 aliphatic carbocycles. The molecule has 4 N–H and O–H groups in total. The maximum absolute atomic E-state index is 9.85. The van der Waals surface area contributed by atoms with E-state index in [0.717, 1.165) is 15.2 Å². The smallest absolute Gasteiger partial charge is 0.184 e. The molecule has 2 rings (SSSR count). The molecule has 92 valence electrons. The van der Waals surface area contributed by atoms with Gasteiger partial charge >= 0.3 is 0 Å². The summed E-state index contributed by atoms with van der Waals surface area (Å²) in [6.07, 6.45) is 1.49. The van der Waals surface area contributed by atoms with Gasteiger partial charge in [0, 0.05) is 10.0 Å². The van der Waals surface area contributed by atoms with Crippen LogP contribution in [0.1, 0.15) is 5.56 Å².